The van der Waals surface area contributed by atoms with E-state index in [4.69, 9.17) is 0 Å². The summed E-state index contributed by atoms with van der Waals surface area (Å²) in [6, 6.07) is 0. The zero-order valence-electron chi connectivity index (χ0n) is 6.22. The Morgan fingerprint density at radius 1 is 1.44 bits per heavy atom. The topological polar surface area (TPSA) is 20.2 Å². The van der Waals surface area contributed by atoms with Crippen LogP contribution in [0.4, 0.5) is 0 Å². The standard InChI is InChI=1S/C8H15O/c1-4-7-8(9,5-2)6-3/h4,7,9H,1,5-6H2,2-3H3. The van der Waals surface area contributed by atoms with E-state index in [9.17, 15) is 5.11 Å². The molecule has 1 nitrogen and oxygen atoms in total. The molecule has 0 aromatic heterocycles. The lowest BCUT2D eigenvalue weighted by molar-refractivity contribution is 0.0828. The molecule has 0 amide bonds. The average molecular weight is 127 g/mol. The number of aliphatic hydroxyl groups is 1. The van der Waals surface area contributed by atoms with Gasteiger partial charge in [0.2, 0.25) is 0 Å². The molecule has 0 spiro atoms. The van der Waals surface area contributed by atoms with Crippen LogP contribution in [0.5, 0.6) is 0 Å². The fourth-order valence-corrected chi connectivity index (χ4v) is 0.705. The van der Waals surface area contributed by atoms with E-state index in [1.54, 1.807) is 12.2 Å². The molecule has 0 aliphatic carbocycles. The van der Waals surface area contributed by atoms with Gasteiger partial charge in [-0.3, -0.25) is 0 Å². The molecule has 0 aromatic carbocycles. The van der Waals surface area contributed by atoms with E-state index in [0.717, 1.165) is 12.8 Å². The Labute approximate surface area is 57.4 Å². The first kappa shape index (κ1) is 8.70. The van der Waals surface area contributed by atoms with E-state index in [1.165, 1.54) is 0 Å². The van der Waals surface area contributed by atoms with E-state index in [0.29, 0.717) is 0 Å². The zero-order chi connectivity index (χ0) is 7.33. The van der Waals surface area contributed by atoms with Crippen molar-refractivity contribution in [2.24, 2.45) is 0 Å². The fourth-order valence-electron chi connectivity index (χ4n) is 0.705. The van der Waals surface area contributed by atoms with Gasteiger partial charge in [-0.25, -0.2) is 0 Å². The van der Waals surface area contributed by atoms with Crippen LogP contribution < -0.4 is 0 Å². The van der Waals surface area contributed by atoms with Crippen molar-refractivity contribution in [3.63, 3.8) is 0 Å². The SMILES string of the molecule is [CH2]C=CC(O)(CC)CC. The second kappa shape index (κ2) is 3.67. The third-order valence-corrected chi connectivity index (χ3v) is 1.65. The van der Waals surface area contributed by atoms with Crippen molar-refractivity contribution in [2.45, 2.75) is 32.3 Å². The summed E-state index contributed by atoms with van der Waals surface area (Å²) in [4.78, 5) is 0. The predicted molar refractivity (Wildman–Crippen MR) is 40.0 cm³/mol. The first-order valence-electron chi connectivity index (χ1n) is 3.38. The molecule has 1 N–H and O–H groups in total. The summed E-state index contributed by atoms with van der Waals surface area (Å²) in [6.45, 7) is 7.45. The fraction of sp³-hybridized carbons (Fsp3) is 0.625. The Bertz CT molecular complexity index is 90.7. The van der Waals surface area contributed by atoms with Crippen molar-refractivity contribution in [2.75, 3.05) is 0 Å². The average Bonchev–Trinajstić information content (AvgIpc) is 1.89. The summed E-state index contributed by atoms with van der Waals surface area (Å²) in [6.07, 6.45) is 4.91. The van der Waals surface area contributed by atoms with Crippen LogP contribution in [0, 0.1) is 6.92 Å². The van der Waals surface area contributed by atoms with E-state index >= 15 is 0 Å². The highest BCUT2D eigenvalue weighted by molar-refractivity contribution is 5.00. The van der Waals surface area contributed by atoms with Gasteiger partial charge in [0, 0.05) is 0 Å². The van der Waals surface area contributed by atoms with Crippen molar-refractivity contribution < 1.29 is 5.11 Å². The van der Waals surface area contributed by atoms with Crippen LogP contribution in [-0.2, 0) is 0 Å². The maximum absolute atomic E-state index is 9.50. The van der Waals surface area contributed by atoms with Crippen molar-refractivity contribution in [3.05, 3.63) is 19.1 Å². The van der Waals surface area contributed by atoms with Crippen LogP contribution in [0.25, 0.3) is 0 Å². The number of allylic oxidation sites excluding steroid dienone is 1. The largest absolute Gasteiger partial charge is 0.386 e. The molecule has 1 heteroatoms. The third-order valence-electron chi connectivity index (χ3n) is 1.65. The first-order valence-corrected chi connectivity index (χ1v) is 3.38. The molecule has 0 aliphatic rings. The van der Waals surface area contributed by atoms with Crippen LogP contribution in [0.15, 0.2) is 12.2 Å². The minimum atomic E-state index is -0.609. The number of hydrogen-bond acceptors (Lipinski definition) is 1. The highest BCUT2D eigenvalue weighted by Gasteiger charge is 2.16. The highest BCUT2D eigenvalue weighted by Crippen LogP contribution is 2.15. The summed E-state index contributed by atoms with van der Waals surface area (Å²) in [7, 11) is 0. The third kappa shape index (κ3) is 2.66. The lowest BCUT2D eigenvalue weighted by atomic mass is 9.97. The van der Waals surface area contributed by atoms with Gasteiger partial charge >= 0.3 is 0 Å². The Balaban J connectivity index is 3.92. The molecule has 9 heavy (non-hydrogen) atoms. The van der Waals surface area contributed by atoms with Crippen LogP contribution >= 0.6 is 0 Å². The molecule has 0 aliphatic heterocycles. The highest BCUT2D eigenvalue weighted by atomic mass is 16.3. The minimum Gasteiger partial charge on any atom is -0.386 e. The van der Waals surface area contributed by atoms with Crippen molar-refractivity contribution >= 4 is 0 Å². The molecule has 0 rings (SSSR count). The summed E-state index contributed by atoms with van der Waals surface area (Å²) in [5.74, 6) is 0. The maximum atomic E-state index is 9.50. The zero-order valence-corrected chi connectivity index (χ0v) is 6.22. The van der Waals surface area contributed by atoms with Gasteiger partial charge < -0.3 is 5.11 Å². The first-order chi connectivity index (χ1) is 4.18. The molecular weight excluding hydrogens is 112 g/mol. The van der Waals surface area contributed by atoms with E-state index in [1.807, 2.05) is 13.8 Å². The van der Waals surface area contributed by atoms with Gasteiger partial charge in [-0.2, -0.15) is 0 Å². The summed E-state index contributed by atoms with van der Waals surface area (Å²) >= 11 is 0. The molecule has 0 saturated heterocycles. The van der Waals surface area contributed by atoms with Gasteiger partial charge in [0.15, 0.2) is 0 Å². The summed E-state index contributed by atoms with van der Waals surface area (Å²) < 4.78 is 0. The Hall–Kier alpha value is -0.300. The minimum absolute atomic E-state index is 0.609. The second-order valence-electron chi connectivity index (χ2n) is 2.21. The van der Waals surface area contributed by atoms with E-state index in [2.05, 4.69) is 6.92 Å². The Kier molecular flexibility index (Phi) is 3.55. The van der Waals surface area contributed by atoms with Crippen LogP contribution in [0.2, 0.25) is 0 Å². The van der Waals surface area contributed by atoms with Gasteiger partial charge in [-0.05, 0) is 19.8 Å². The lowest BCUT2D eigenvalue weighted by Gasteiger charge is -2.19. The van der Waals surface area contributed by atoms with Crippen molar-refractivity contribution in [1.29, 1.82) is 0 Å². The van der Waals surface area contributed by atoms with Crippen molar-refractivity contribution in [3.8, 4) is 0 Å². The second-order valence-corrected chi connectivity index (χ2v) is 2.21. The number of hydrogen-bond donors (Lipinski definition) is 1. The molecule has 0 heterocycles. The maximum Gasteiger partial charge on any atom is 0.0822 e. The molecule has 1 radical (unpaired) electrons. The lowest BCUT2D eigenvalue weighted by Crippen LogP contribution is -2.22. The van der Waals surface area contributed by atoms with Crippen LogP contribution in [0.1, 0.15) is 26.7 Å². The Morgan fingerprint density at radius 3 is 2.00 bits per heavy atom. The van der Waals surface area contributed by atoms with Gasteiger partial charge in [0.05, 0.1) is 5.60 Å². The summed E-state index contributed by atoms with van der Waals surface area (Å²) in [5, 5.41) is 9.50. The quantitative estimate of drug-likeness (QED) is 0.614. The monoisotopic (exact) mass is 127 g/mol. The normalized spacial score (nSPS) is 12.9. The molecule has 53 valence electrons. The van der Waals surface area contributed by atoms with Gasteiger partial charge in [0.25, 0.3) is 0 Å². The molecule has 0 unspecified atom stereocenters. The van der Waals surface area contributed by atoms with Crippen molar-refractivity contribution in [1.82, 2.24) is 0 Å². The van der Waals surface area contributed by atoms with E-state index in [-0.39, 0.29) is 0 Å². The Morgan fingerprint density at radius 2 is 1.89 bits per heavy atom. The van der Waals surface area contributed by atoms with Gasteiger partial charge in [0.1, 0.15) is 0 Å². The van der Waals surface area contributed by atoms with Crippen LogP contribution in [-0.4, -0.2) is 10.7 Å². The molecule has 0 fully saturated rings. The van der Waals surface area contributed by atoms with Gasteiger partial charge in [-0.15, -0.1) is 0 Å². The van der Waals surface area contributed by atoms with E-state index < -0.39 is 5.60 Å². The smallest absolute Gasteiger partial charge is 0.0822 e. The number of rotatable bonds is 3. The van der Waals surface area contributed by atoms with Crippen LogP contribution in [0.3, 0.4) is 0 Å². The molecular formula is C8H15O. The molecule has 0 aromatic rings. The molecule has 0 saturated carbocycles. The molecule has 0 bridgehead atoms. The predicted octanol–water partition coefficient (Wildman–Crippen LogP) is 1.93. The molecule has 0 atom stereocenters. The summed E-state index contributed by atoms with van der Waals surface area (Å²) in [5.41, 5.74) is -0.609. The van der Waals surface area contributed by atoms with Gasteiger partial charge in [-0.1, -0.05) is 26.0 Å².